The van der Waals surface area contributed by atoms with Gasteiger partial charge in [-0.25, -0.2) is 8.78 Å². The van der Waals surface area contributed by atoms with Crippen LogP contribution in [0.3, 0.4) is 0 Å². The van der Waals surface area contributed by atoms with Crippen LogP contribution in [0.4, 0.5) is 8.78 Å². The van der Waals surface area contributed by atoms with E-state index in [0.717, 1.165) is 0 Å². The van der Waals surface area contributed by atoms with Gasteiger partial charge in [0.15, 0.2) is 0 Å². The molecule has 0 radical (unpaired) electrons. The van der Waals surface area contributed by atoms with Crippen LogP contribution in [0.5, 0.6) is 0 Å². The number of nitrogens with zero attached hydrogens (tertiary/aromatic N) is 2. The van der Waals surface area contributed by atoms with Gasteiger partial charge >= 0.3 is 0 Å². The van der Waals surface area contributed by atoms with Gasteiger partial charge in [-0.15, -0.1) is 12.4 Å². The van der Waals surface area contributed by atoms with Crippen molar-refractivity contribution < 1.29 is 13.6 Å². The zero-order valence-electron chi connectivity index (χ0n) is 9.54. The molecule has 0 unspecified atom stereocenters. The Kier molecular flexibility index (Phi) is 5.50. The molecule has 0 aliphatic rings. The molecule has 0 aromatic carbocycles. The number of hydrogen-bond donors (Lipinski definition) is 2. The van der Waals surface area contributed by atoms with Crippen molar-refractivity contribution in [2.24, 2.45) is 12.8 Å². The monoisotopic (exact) mass is 268 g/mol. The molecule has 1 aromatic rings. The van der Waals surface area contributed by atoms with Gasteiger partial charge in [0, 0.05) is 12.7 Å². The van der Waals surface area contributed by atoms with Crippen LogP contribution in [0, 0.1) is 6.92 Å². The van der Waals surface area contributed by atoms with Crippen LogP contribution in [-0.4, -0.2) is 34.7 Å². The Bertz CT molecular complexity index is 394. The first kappa shape index (κ1) is 15.8. The summed E-state index contributed by atoms with van der Waals surface area (Å²) < 4.78 is 27.0. The quantitative estimate of drug-likeness (QED) is 0.834. The molecule has 0 aliphatic heterocycles. The molecule has 5 nitrogen and oxygen atoms in total. The van der Waals surface area contributed by atoms with Gasteiger partial charge in [-0.05, 0) is 6.92 Å². The molecule has 0 fully saturated rings. The lowest BCUT2D eigenvalue weighted by molar-refractivity contribution is 0.0118. The van der Waals surface area contributed by atoms with E-state index in [-0.39, 0.29) is 18.0 Å². The molecule has 17 heavy (non-hydrogen) atoms. The fraction of sp³-hybridized carbons (Fsp3) is 0.556. The Morgan fingerprint density at radius 2 is 2.24 bits per heavy atom. The van der Waals surface area contributed by atoms with E-state index in [9.17, 15) is 13.6 Å². The predicted molar refractivity (Wildman–Crippen MR) is 61.5 cm³/mol. The fourth-order valence-electron chi connectivity index (χ4n) is 1.10. The van der Waals surface area contributed by atoms with Crippen molar-refractivity contribution in [3.63, 3.8) is 0 Å². The van der Waals surface area contributed by atoms with E-state index < -0.39 is 24.9 Å². The Hall–Kier alpha value is -1.21. The molecule has 0 saturated heterocycles. The van der Waals surface area contributed by atoms with Crippen LogP contribution < -0.4 is 11.1 Å². The number of rotatable bonds is 4. The standard InChI is InChI=1S/C9H14F2N4O.ClH/c1-6-7(3-14-15(6)2)8(16)13-5-9(10,11)4-12;/h3H,4-5,12H2,1-2H3,(H,13,16);1H. The fourth-order valence-corrected chi connectivity index (χ4v) is 1.10. The summed E-state index contributed by atoms with van der Waals surface area (Å²) in [6.45, 7) is 0.124. The van der Waals surface area contributed by atoms with Crippen LogP contribution in [0.25, 0.3) is 0 Å². The number of carbonyl (C=O) groups is 1. The van der Waals surface area contributed by atoms with Gasteiger partial charge in [0.25, 0.3) is 11.8 Å². The molecule has 0 atom stereocenters. The van der Waals surface area contributed by atoms with Gasteiger partial charge in [0.05, 0.1) is 24.8 Å². The summed E-state index contributed by atoms with van der Waals surface area (Å²) in [6.07, 6.45) is 1.34. The lowest BCUT2D eigenvalue weighted by Gasteiger charge is -2.14. The van der Waals surface area contributed by atoms with Gasteiger partial charge < -0.3 is 11.1 Å². The number of hydrogen-bond acceptors (Lipinski definition) is 3. The van der Waals surface area contributed by atoms with E-state index in [1.165, 1.54) is 10.9 Å². The van der Waals surface area contributed by atoms with E-state index in [0.29, 0.717) is 5.69 Å². The van der Waals surface area contributed by atoms with Crippen LogP contribution in [0.1, 0.15) is 16.1 Å². The number of nitrogens with two attached hydrogens (primary N) is 1. The van der Waals surface area contributed by atoms with E-state index in [4.69, 9.17) is 5.73 Å². The highest BCUT2D eigenvalue weighted by atomic mass is 35.5. The largest absolute Gasteiger partial charge is 0.346 e. The van der Waals surface area contributed by atoms with Crippen LogP contribution in [0.2, 0.25) is 0 Å². The maximum absolute atomic E-state index is 12.8. The molecule has 0 aliphatic carbocycles. The summed E-state index contributed by atoms with van der Waals surface area (Å²) in [5.74, 6) is -3.65. The Morgan fingerprint density at radius 1 is 1.65 bits per heavy atom. The molecule has 1 aromatic heterocycles. The van der Waals surface area contributed by atoms with Crippen molar-refractivity contribution in [3.8, 4) is 0 Å². The molecule has 98 valence electrons. The van der Waals surface area contributed by atoms with Crippen molar-refractivity contribution in [2.75, 3.05) is 13.1 Å². The number of nitrogens with one attached hydrogen (secondary N) is 1. The first-order chi connectivity index (χ1) is 7.37. The number of amides is 1. The van der Waals surface area contributed by atoms with Crippen molar-refractivity contribution in [3.05, 3.63) is 17.5 Å². The SMILES string of the molecule is Cc1c(C(=O)NCC(F)(F)CN)cnn1C.Cl. The third kappa shape index (κ3) is 3.94. The molecule has 1 amide bonds. The lowest BCUT2D eigenvalue weighted by atomic mass is 10.2. The Balaban J connectivity index is 0.00000256. The minimum atomic E-state index is -3.08. The third-order valence-electron chi connectivity index (χ3n) is 2.29. The summed E-state index contributed by atoms with van der Waals surface area (Å²) in [5, 5.41) is 5.97. The average Bonchev–Trinajstić information content (AvgIpc) is 2.57. The second kappa shape index (κ2) is 5.92. The van der Waals surface area contributed by atoms with Crippen molar-refractivity contribution >= 4 is 18.3 Å². The summed E-state index contributed by atoms with van der Waals surface area (Å²) >= 11 is 0. The highest BCUT2D eigenvalue weighted by Gasteiger charge is 2.27. The van der Waals surface area contributed by atoms with E-state index in [1.54, 1.807) is 14.0 Å². The molecule has 8 heteroatoms. The molecule has 0 bridgehead atoms. The number of aromatic nitrogens is 2. The number of carbonyl (C=O) groups excluding carboxylic acids is 1. The summed E-state index contributed by atoms with van der Waals surface area (Å²) in [4.78, 5) is 11.5. The first-order valence-electron chi connectivity index (χ1n) is 4.72. The van der Waals surface area contributed by atoms with Gasteiger partial charge in [-0.2, -0.15) is 5.10 Å². The maximum atomic E-state index is 12.8. The minimum Gasteiger partial charge on any atom is -0.346 e. The highest BCUT2D eigenvalue weighted by molar-refractivity contribution is 5.95. The minimum absolute atomic E-state index is 0. The zero-order chi connectivity index (χ0) is 12.3. The number of aryl methyl sites for hydroxylation is 1. The van der Waals surface area contributed by atoms with Gasteiger partial charge in [0.1, 0.15) is 0 Å². The molecule has 1 rings (SSSR count). The summed E-state index contributed by atoms with van der Waals surface area (Å²) in [7, 11) is 1.67. The zero-order valence-corrected chi connectivity index (χ0v) is 10.4. The van der Waals surface area contributed by atoms with E-state index >= 15 is 0 Å². The van der Waals surface area contributed by atoms with Crippen molar-refractivity contribution in [2.45, 2.75) is 12.8 Å². The van der Waals surface area contributed by atoms with Crippen molar-refractivity contribution in [1.29, 1.82) is 0 Å². The van der Waals surface area contributed by atoms with E-state index in [1.807, 2.05) is 0 Å². The second-order valence-electron chi connectivity index (χ2n) is 3.51. The predicted octanol–water partition coefficient (Wildman–Crippen LogP) is 0.474. The van der Waals surface area contributed by atoms with Gasteiger partial charge in [-0.1, -0.05) is 0 Å². The molecular weight excluding hydrogens is 254 g/mol. The number of alkyl halides is 2. The van der Waals surface area contributed by atoms with Crippen LogP contribution in [0.15, 0.2) is 6.20 Å². The molecule has 0 saturated carbocycles. The molecule has 1 heterocycles. The van der Waals surface area contributed by atoms with Crippen molar-refractivity contribution in [1.82, 2.24) is 15.1 Å². The average molecular weight is 269 g/mol. The van der Waals surface area contributed by atoms with E-state index in [2.05, 4.69) is 10.4 Å². The Morgan fingerprint density at radius 3 is 2.65 bits per heavy atom. The first-order valence-corrected chi connectivity index (χ1v) is 4.72. The van der Waals surface area contributed by atoms with Crippen LogP contribution in [-0.2, 0) is 7.05 Å². The third-order valence-corrected chi connectivity index (χ3v) is 2.29. The number of halogens is 3. The molecule has 3 N–H and O–H groups in total. The van der Waals surface area contributed by atoms with Crippen LogP contribution >= 0.6 is 12.4 Å². The topological polar surface area (TPSA) is 72.9 Å². The molecular formula is C9H15ClF2N4O. The smallest absolute Gasteiger partial charge is 0.277 e. The summed E-state index contributed by atoms with van der Waals surface area (Å²) in [5.41, 5.74) is 5.75. The Labute approximate surface area is 104 Å². The molecule has 0 spiro atoms. The van der Waals surface area contributed by atoms with Gasteiger partial charge in [-0.3, -0.25) is 9.48 Å². The second-order valence-corrected chi connectivity index (χ2v) is 3.51. The lowest BCUT2D eigenvalue weighted by Crippen LogP contribution is -2.41. The normalized spacial score (nSPS) is 10.9. The maximum Gasteiger partial charge on any atom is 0.277 e. The summed E-state index contributed by atoms with van der Waals surface area (Å²) in [6, 6.07) is 0. The highest BCUT2D eigenvalue weighted by Crippen LogP contribution is 2.10. The van der Waals surface area contributed by atoms with Gasteiger partial charge in [0.2, 0.25) is 0 Å².